The minimum absolute atomic E-state index is 0.115. The van der Waals surface area contributed by atoms with Gasteiger partial charge >= 0.3 is 0 Å². The lowest BCUT2D eigenvalue weighted by Gasteiger charge is -2.30. The van der Waals surface area contributed by atoms with E-state index in [4.69, 9.17) is 5.73 Å². The van der Waals surface area contributed by atoms with Crippen LogP contribution in [0.1, 0.15) is 51.2 Å². The third-order valence-corrected chi connectivity index (χ3v) is 7.22. The molecule has 2 aliphatic rings. The molecular weight excluding hydrogens is 511 g/mol. The Balaban J connectivity index is 1.65. The Morgan fingerprint density at radius 1 is 1.35 bits per heavy atom. The van der Waals surface area contributed by atoms with Crippen LogP contribution in [0.25, 0.3) is 5.57 Å². The maximum atomic E-state index is 14.4. The van der Waals surface area contributed by atoms with Crippen LogP contribution in [0.5, 0.6) is 0 Å². The van der Waals surface area contributed by atoms with Gasteiger partial charge in [-0.3, -0.25) is 4.79 Å². The van der Waals surface area contributed by atoms with Gasteiger partial charge in [0.2, 0.25) is 5.91 Å². The summed E-state index contributed by atoms with van der Waals surface area (Å²) in [5, 5.41) is 28.6. The second-order valence-corrected chi connectivity index (χ2v) is 11.4. The molecule has 0 saturated heterocycles. The minimum atomic E-state index is -0.953. The summed E-state index contributed by atoms with van der Waals surface area (Å²) < 4.78 is 14.4. The molecule has 1 aromatic rings. The van der Waals surface area contributed by atoms with Crippen molar-refractivity contribution in [3.05, 3.63) is 64.9 Å². The Hall–Kier alpha value is -3.68. The SMILES string of the molecule is CC1=CC(N(C)CCC(C#N)(C=O)C2CC2)=CC(C(=O)NCc2cc(F)cc(/C(=C/NCC(C)(C)O)CN)c2)N1. The van der Waals surface area contributed by atoms with Crippen LogP contribution >= 0.6 is 0 Å². The average Bonchev–Trinajstić information content (AvgIpc) is 3.75. The van der Waals surface area contributed by atoms with Gasteiger partial charge in [0.1, 0.15) is 23.6 Å². The second-order valence-electron chi connectivity index (χ2n) is 11.4. The molecule has 216 valence electrons. The molecular formula is C30H41FN6O3. The highest BCUT2D eigenvalue weighted by Gasteiger charge is 2.45. The molecule has 10 heteroatoms. The van der Waals surface area contributed by atoms with E-state index in [1.807, 2.05) is 24.9 Å². The zero-order valence-corrected chi connectivity index (χ0v) is 23.8. The second kappa shape index (κ2) is 13.1. The number of nitrogens with two attached hydrogens (primary N) is 1. The van der Waals surface area contributed by atoms with E-state index in [-0.39, 0.29) is 24.9 Å². The first-order valence-corrected chi connectivity index (χ1v) is 13.6. The van der Waals surface area contributed by atoms with Crippen LogP contribution < -0.4 is 21.7 Å². The van der Waals surface area contributed by atoms with Crippen LogP contribution in [0.3, 0.4) is 0 Å². The summed E-state index contributed by atoms with van der Waals surface area (Å²) in [6.45, 7) is 6.30. The molecule has 1 aromatic carbocycles. The molecule has 1 aliphatic carbocycles. The van der Waals surface area contributed by atoms with Crippen molar-refractivity contribution in [3.8, 4) is 6.07 Å². The lowest BCUT2D eigenvalue weighted by molar-refractivity contribution is -0.122. The number of hydrogen-bond donors (Lipinski definition) is 5. The molecule has 0 aromatic heterocycles. The monoisotopic (exact) mass is 552 g/mol. The predicted molar refractivity (Wildman–Crippen MR) is 152 cm³/mol. The minimum Gasteiger partial charge on any atom is -0.389 e. The largest absolute Gasteiger partial charge is 0.389 e. The van der Waals surface area contributed by atoms with Gasteiger partial charge in [-0.25, -0.2) is 4.39 Å². The maximum Gasteiger partial charge on any atom is 0.246 e. The van der Waals surface area contributed by atoms with Gasteiger partial charge in [0.15, 0.2) is 0 Å². The van der Waals surface area contributed by atoms with Crippen LogP contribution in [0.15, 0.2) is 47.9 Å². The summed E-state index contributed by atoms with van der Waals surface area (Å²) in [6.07, 6.45) is 8.41. The van der Waals surface area contributed by atoms with E-state index in [1.165, 1.54) is 12.1 Å². The van der Waals surface area contributed by atoms with Gasteiger partial charge in [-0.15, -0.1) is 0 Å². The highest BCUT2D eigenvalue weighted by molar-refractivity contribution is 5.84. The van der Waals surface area contributed by atoms with Crippen LogP contribution in [0.2, 0.25) is 0 Å². The Morgan fingerprint density at radius 2 is 2.08 bits per heavy atom. The molecule has 3 rings (SSSR count). The fraction of sp³-hybridized carbons (Fsp3) is 0.500. The average molecular weight is 553 g/mol. The molecule has 1 aliphatic heterocycles. The quantitative estimate of drug-likeness (QED) is 0.221. The smallest absolute Gasteiger partial charge is 0.246 e. The fourth-order valence-corrected chi connectivity index (χ4v) is 4.68. The van der Waals surface area contributed by atoms with Crippen molar-refractivity contribution in [3.63, 3.8) is 0 Å². The number of amides is 1. The third-order valence-electron chi connectivity index (χ3n) is 7.22. The summed E-state index contributed by atoms with van der Waals surface area (Å²) >= 11 is 0. The molecule has 40 heavy (non-hydrogen) atoms. The first-order valence-electron chi connectivity index (χ1n) is 13.6. The van der Waals surface area contributed by atoms with Gasteiger partial charge < -0.3 is 36.5 Å². The van der Waals surface area contributed by atoms with Crippen molar-refractivity contribution in [1.82, 2.24) is 20.9 Å². The molecule has 2 atom stereocenters. The molecule has 9 nitrogen and oxygen atoms in total. The molecule has 1 saturated carbocycles. The van der Waals surface area contributed by atoms with Crippen molar-refractivity contribution in [2.45, 2.75) is 58.2 Å². The third kappa shape index (κ3) is 8.41. The van der Waals surface area contributed by atoms with Crippen molar-refractivity contribution in [1.29, 1.82) is 5.26 Å². The van der Waals surface area contributed by atoms with Crippen molar-refractivity contribution < 1.29 is 19.1 Å². The Labute approximate surface area is 236 Å². The number of benzene rings is 1. The van der Waals surface area contributed by atoms with E-state index in [2.05, 4.69) is 22.0 Å². The number of nitrogens with one attached hydrogen (secondary N) is 3. The highest BCUT2D eigenvalue weighted by Crippen LogP contribution is 2.46. The van der Waals surface area contributed by atoms with Crippen LogP contribution in [-0.2, 0) is 16.1 Å². The zero-order valence-electron chi connectivity index (χ0n) is 23.8. The number of nitriles is 1. The summed E-state index contributed by atoms with van der Waals surface area (Å²) in [5.41, 5.74) is 7.47. The Bertz CT molecular complexity index is 1220. The van der Waals surface area contributed by atoms with Gasteiger partial charge in [0, 0.05) is 50.8 Å². The van der Waals surface area contributed by atoms with E-state index >= 15 is 0 Å². The van der Waals surface area contributed by atoms with Gasteiger partial charge in [-0.2, -0.15) is 5.26 Å². The molecule has 1 heterocycles. The lowest BCUT2D eigenvalue weighted by Crippen LogP contribution is -2.44. The molecule has 0 radical (unpaired) electrons. The number of nitrogens with zero attached hydrogens (tertiary/aromatic N) is 2. The summed E-state index contributed by atoms with van der Waals surface area (Å²) in [4.78, 5) is 26.7. The van der Waals surface area contributed by atoms with Crippen molar-refractivity contribution >= 4 is 17.8 Å². The predicted octanol–water partition coefficient (Wildman–Crippen LogP) is 2.30. The molecule has 1 amide bonds. The summed E-state index contributed by atoms with van der Waals surface area (Å²) in [6, 6.07) is 6.11. The summed E-state index contributed by atoms with van der Waals surface area (Å²) in [5.74, 6) is -0.593. The van der Waals surface area contributed by atoms with Crippen LogP contribution in [-0.4, -0.2) is 60.5 Å². The molecule has 0 bridgehead atoms. The lowest BCUT2D eigenvalue weighted by atomic mass is 9.82. The number of halogens is 1. The molecule has 6 N–H and O–H groups in total. The molecule has 0 spiro atoms. The van der Waals surface area contributed by atoms with E-state index < -0.39 is 22.9 Å². The van der Waals surface area contributed by atoms with E-state index in [0.29, 0.717) is 36.2 Å². The molecule has 2 unspecified atom stereocenters. The van der Waals surface area contributed by atoms with E-state index in [0.717, 1.165) is 30.5 Å². The number of rotatable bonds is 14. The molecule has 1 fully saturated rings. The standard InChI is InChI=1S/C30H41FN6O3/c1-20-9-26(37(4)8-7-30(17-33,19-38)24-5-6-24)13-27(36-20)28(39)35-15-21-10-22(12-25(31)11-21)23(14-32)16-34-18-29(2,3)40/h9-13,16,19,24,27,34,36,40H,5-8,14-15,18,32H2,1-4H3,(H,35,39)/b23-16+. The Kier molecular flexibility index (Phi) is 10.1. The topological polar surface area (TPSA) is 144 Å². The van der Waals surface area contributed by atoms with E-state index in [1.54, 1.807) is 32.2 Å². The van der Waals surface area contributed by atoms with Gasteiger partial charge in [0.25, 0.3) is 0 Å². The number of allylic oxidation sites excluding steroid dienone is 2. The number of carbonyl (C=O) groups is 2. The van der Waals surface area contributed by atoms with Gasteiger partial charge in [-0.05, 0) is 93.0 Å². The number of dihydropyridines is 1. The summed E-state index contributed by atoms with van der Waals surface area (Å²) in [7, 11) is 1.88. The number of likely N-dealkylation sites (N-methyl/N-ethyl adjacent to an activating group) is 1. The number of carbonyl (C=O) groups excluding carboxylic acids is 2. The number of hydrogen-bond acceptors (Lipinski definition) is 8. The fourth-order valence-electron chi connectivity index (χ4n) is 4.68. The van der Waals surface area contributed by atoms with E-state index in [9.17, 15) is 24.3 Å². The van der Waals surface area contributed by atoms with Crippen molar-refractivity contribution in [2.75, 3.05) is 26.7 Å². The highest BCUT2D eigenvalue weighted by atomic mass is 19.1. The zero-order chi connectivity index (χ0) is 29.5. The maximum absolute atomic E-state index is 14.4. The first-order chi connectivity index (χ1) is 18.9. The van der Waals surface area contributed by atoms with Crippen LogP contribution in [0.4, 0.5) is 4.39 Å². The number of aldehydes is 1. The van der Waals surface area contributed by atoms with Crippen molar-refractivity contribution in [2.24, 2.45) is 17.1 Å². The first kappa shape index (κ1) is 30.9. The number of aliphatic hydroxyl groups is 1. The normalized spacial score (nSPS) is 18.9. The van der Waals surface area contributed by atoms with Gasteiger partial charge in [-0.1, -0.05) is 0 Å². The van der Waals surface area contributed by atoms with Crippen LogP contribution in [0, 0.1) is 28.5 Å². The van der Waals surface area contributed by atoms with Gasteiger partial charge in [0.05, 0.1) is 11.7 Å². The Morgan fingerprint density at radius 3 is 2.67 bits per heavy atom.